The molecule has 3 aliphatic heterocycles. The Morgan fingerprint density at radius 3 is 2.55 bits per heavy atom. The van der Waals surface area contributed by atoms with Gasteiger partial charge in [-0.15, -0.1) is 0 Å². The van der Waals surface area contributed by atoms with E-state index in [2.05, 4.69) is 50.1 Å². The van der Waals surface area contributed by atoms with E-state index in [1.807, 2.05) is 6.20 Å². The third kappa shape index (κ3) is 3.80. The maximum Gasteiger partial charge on any atom is 0.246 e. The molecule has 174 valence electrons. The first kappa shape index (κ1) is 20.7. The van der Waals surface area contributed by atoms with Crippen molar-refractivity contribution in [3.05, 3.63) is 36.0 Å². The predicted octanol–water partition coefficient (Wildman–Crippen LogP) is 3.37. The quantitative estimate of drug-likeness (QED) is 0.646. The van der Waals surface area contributed by atoms with Crippen LogP contribution in [0.5, 0.6) is 0 Å². The van der Waals surface area contributed by atoms with Gasteiger partial charge in [0, 0.05) is 61.4 Å². The van der Waals surface area contributed by atoms with Crippen molar-refractivity contribution >= 4 is 29.0 Å². The van der Waals surface area contributed by atoms with Crippen molar-refractivity contribution in [1.82, 2.24) is 15.3 Å². The maximum atomic E-state index is 13.0. The highest BCUT2D eigenvalue weighted by molar-refractivity contribution is 5.94. The van der Waals surface area contributed by atoms with Crippen molar-refractivity contribution in [3.63, 3.8) is 0 Å². The number of rotatable bonds is 5. The highest BCUT2D eigenvalue weighted by atomic mass is 16.5. The molecule has 1 spiro atoms. The van der Waals surface area contributed by atoms with Crippen LogP contribution in [0.15, 0.2) is 30.5 Å². The summed E-state index contributed by atoms with van der Waals surface area (Å²) in [6.07, 6.45) is 10.2. The van der Waals surface area contributed by atoms with Gasteiger partial charge in [-0.3, -0.25) is 4.79 Å². The molecular formula is C25H32N6O2. The van der Waals surface area contributed by atoms with E-state index >= 15 is 0 Å². The minimum atomic E-state index is -0.484. The van der Waals surface area contributed by atoms with Gasteiger partial charge in [-0.1, -0.05) is 12.8 Å². The molecule has 33 heavy (non-hydrogen) atoms. The van der Waals surface area contributed by atoms with Crippen LogP contribution in [0.3, 0.4) is 0 Å². The van der Waals surface area contributed by atoms with Crippen LogP contribution in [-0.2, 0) is 16.0 Å². The molecule has 0 radical (unpaired) electrons. The largest absolute Gasteiger partial charge is 0.382 e. The first-order valence-electron chi connectivity index (χ1n) is 12.4. The first-order chi connectivity index (χ1) is 16.2. The molecule has 1 aromatic carbocycles. The second kappa shape index (κ2) is 8.48. The minimum absolute atomic E-state index is 0.148. The van der Waals surface area contributed by atoms with Crippen molar-refractivity contribution in [1.29, 1.82) is 0 Å². The van der Waals surface area contributed by atoms with Crippen molar-refractivity contribution in [2.75, 3.05) is 35.3 Å². The fraction of sp³-hybridized carbons (Fsp3) is 0.560. The van der Waals surface area contributed by atoms with Gasteiger partial charge >= 0.3 is 0 Å². The molecule has 4 aliphatic rings. The van der Waals surface area contributed by atoms with Crippen LogP contribution >= 0.6 is 0 Å². The van der Waals surface area contributed by atoms with Crippen LogP contribution in [0.4, 0.5) is 23.1 Å². The van der Waals surface area contributed by atoms with E-state index in [0.29, 0.717) is 24.5 Å². The molecule has 1 amide bonds. The molecule has 1 saturated carbocycles. The predicted molar refractivity (Wildman–Crippen MR) is 128 cm³/mol. The van der Waals surface area contributed by atoms with Crippen molar-refractivity contribution in [3.8, 4) is 0 Å². The van der Waals surface area contributed by atoms with E-state index < -0.39 is 5.54 Å². The monoisotopic (exact) mass is 448 g/mol. The number of anilines is 4. The highest BCUT2D eigenvalue weighted by Crippen LogP contribution is 2.46. The van der Waals surface area contributed by atoms with Gasteiger partial charge in [-0.2, -0.15) is 4.98 Å². The van der Waals surface area contributed by atoms with Crippen molar-refractivity contribution < 1.29 is 9.53 Å². The maximum absolute atomic E-state index is 13.0. The Balaban J connectivity index is 1.21. The fourth-order valence-electron chi connectivity index (χ4n) is 6.00. The van der Waals surface area contributed by atoms with E-state index in [1.54, 1.807) is 0 Å². The Morgan fingerprint density at radius 1 is 1.06 bits per heavy atom. The van der Waals surface area contributed by atoms with Gasteiger partial charge in [0.15, 0.2) is 0 Å². The number of amides is 1. The standard InChI is InChI=1S/C25H32N6O2/c32-23-25(11-12-26-23)15-17-16-27-24(30-22(17)31(25)21-3-1-2-4-21)29-19-7-5-18(6-8-19)28-20-9-13-33-14-10-20/h5-8,16,20-21,28H,1-4,9-15H2,(H,26,32)(H,27,29,30). The molecule has 3 fully saturated rings. The number of carbonyl (C=O) groups is 1. The lowest BCUT2D eigenvalue weighted by Gasteiger charge is -2.38. The molecule has 8 nitrogen and oxygen atoms in total. The molecule has 1 aromatic heterocycles. The summed E-state index contributed by atoms with van der Waals surface area (Å²) >= 11 is 0. The topological polar surface area (TPSA) is 91.4 Å². The number of nitrogens with one attached hydrogen (secondary N) is 3. The van der Waals surface area contributed by atoms with Crippen LogP contribution in [-0.4, -0.2) is 53.3 Å². The van der Waals surface area contributed by atoms with Gasteiger partial charge < -0.3 is 25.6 Å². The van der Waals surface area contributed by atoms with E-state index in [9.17, 15) is 4.79 Å². The first-order valence-corrected chi connectivity index (χ1v) is 12.4. The second-order valence-electron chi connectivity index (χ2n) is 9.80. The number of hydrogen-bond acceptors (Lipinski definition) is 7. The third-order valence-electron chi connectivity index (χ3n) is 7.68. The average molecular weight is 449 g/mol. The molecule has 2 aromatic rings. The molecule has 1 aliphatic carbocycles. The van der Waals surface area contributed by atoms with Crippen LogP contribution < -0.4 is 20.9 Å². The number of ether oxygens (including phenoxy) is 1. The Hall–Kier alpha value is -2.87. The summed E-state index contributed by atoms with van der Waals surface area (Å²) in [7, 11) is 0. The van der Waals surface area contributed by atoms with Gasteiger partial charge in [0.05, 0.1) is 0 Å². The van der Waals surface area contributed by atoms with Crippen molar-refractivity contribution in [2.45, 2.75) is 69.0 Å². The van der Waals surface area contributed by atoms with Crippen molar-refractivity contribution in [2.24, 2.45) is 0 Å². The number of nitrogens with zero attached hydrogens (tertiary/aromatic N) is 3. The smallest absolute Gasteiger partial charge is 0.246 e. The SMILES string of the molecule is O=C1NCCC12Cc1cnc(Nc3ccc(NC4CCOCC4)cc3)nc1N2C1CCCC1. The Kier molecular flexibility index (Phi) is 5.32. The van der Waals surface area contributed by atoms with E-state index in [-0.39, 0.29) is 5.91 Å². The summed E-state index contributed by atoms with van der Waals surface area (Å²) in [5, 5.41) is 10.0. The lowest BCUT2D eigenvalue weighted by atomic mass is 9.91. The Bertz CT molecular complexity index is 1020. The molecule has 2 saturated heterocycles. The molecule has 1 unspecified atom stereocenters. The summed E-state index contributed by atoms with van der Waals surface area (Å²) in [6.45, 7) is 2.39. The van der Waals surface area contributed by atoms with Gasteiger partial charge in [0.25, 0.3) is 0 Å². The number of aromatic nitrogens is 2. The van der Waals surface area contributed by atoms with Gasteiger partial charge in [0.2, 0.25) is 11.9 Å². The highest BCUT2D eigenvalue weighted by Gasteiger charge is 2.55. The van der Waals surface area contributed by atoms with Crippen LogP contribution in [0.1, 0.15) is 50.5 Å². The molecule has 8 heteroatoms. The summed E-state index contributed by atoms with van der Waals surface area (Å²) in [4.78, 5) is 24.8. The van der Waals surface area contributed by atoms with Crippen LogP contribution in [0, 0.1) is 0 Å². The van der Waals surface area contributed by atoms with E-state index in [1.165, 1.54) is 12.8 Å². The summed E-state index contributed by atoms with van der Waals surface area (Å²) in [5.41, 5.74) is 2.66. The summed E-state index contributed by atoms with van der Waals surface area (Å²) < 4.78 is 5.44. The van der Waals surface area contributed by atoms with E-state index in [0.717, 1.165) is 74.6 Å². The number of fused-ring (bicyclic) bond motifs is 1. The lowest BCUT2D eigenvalue weighted by molar-refractivity contribution is -0.123. The third-order valence-corrected chi connectivity index (χ3v) is 7.68. The molecular weight excluding hydrogens is 416 g/mol. The van der Waals surface area contributed by atoms with Crippen LogP contribution in [0.25, 0.3) is 0 Å². The zero-order valence-electron chi connectivity index (χ0n) is 19.0. The average Bonchev–Trinajstić information content (AvgIpc) is 3.56. The zero-order valence-corrected chi connectivity index (χ0v) is 19.0. The summed E-state index contributed by atoms with van der Waals surface area (Å²) in [5.74, 6) is 1.67. The molecule has 6 rings (SSSR count). The van der Waals surface area contributed by atoms with E-state index in [4.69, 9.17) is 9.72 Å². The van der Waals surface area contributed by atoms with Gasteiger partial charge in [-0.25, -0.2) is 4.98 Å². The Morgan fingerprint density at radius 2 is 1.82 bits per heavy atom. The number of hydrogen-bond donors (Lipinski definition) is 3. The van der Waals surface area contributed by atoms with Crippen LogP contribution in [0.2, 0.25) is 0 Å². The zero-order chi connectivity index (χ0) is 22.3. The fourth-order valence-corrected chi connectivity index (χ4v) is 6.00. The lowest BCUT2D eigenvalue weighted by Crippen LogP contribution is -2.56. The molecule has 3 N–H and O–H groups in total. The summed E-state index contributed by atoms with van der Waals surface area (Å²) in [6, 6.07) is 9.15. The van der Waals surface area contributed by atoms with Gasteiger partial charge in [0.1, 0.15) is 11.4 Å². The normalized spacial score (nSPS) is 25.5. The van der Waals surface area contributed by atoms with Gasteiger partial charge in [-0.05, 0) is 56.4 Å². The number of benzene rings is 1. The molecule has 0 bridgehead atoms. The molecule has 1 atom stereocenters. The number of carbonyl (C=O) groups excluding carboxylic acids is 1. The molecule has 4 heterocycles. The minimum Gasteiger partial charge on any atom is -0.382 e. The Labute approximate surface area is 194 Å². The second-order valence-corrected chi connectivity index (χ2v) is 9.80.